The normalized spacial score (nSPS) is 10.6. The van der Waals surface area contributed by atoms with E-state index in [1.54, 1.807) is 53.3 Å². The summed E-state index contributed by atoms with van der Waals surface area (Å²) in [5.41, 5.74) is 1.53. The number of hydrogen-bond donors (Lipinski definition) is 2. The van der Waals surface area contributed by atoms with Crippen LogP contribution in [0.3, 0.4) is 0 Å². The highest BCUT2D eigenvalue weighted by molar-refractivity contribution is 14.1. The molecule has 2 N–H and O–H groups in total. The molecular weight excluding hydrogens is 535 g/mol. The molecule has 0 aliphatic heterocycles. The van der Waals surface area contributed by atoms with Crippen LogP contribution in [-0.4, -0.2) is 21.6 Å². The Morgan fingerprint density at radius 2 is 1.73 bits per heavy atom. The third kappa shape index (κ3) is 5.80. The minimum atomic E-state index is -0.400. The van der Waals surface area contributed by atoms with E-state index in [-0.39, 0.29) is 18.3 Å². The molecule has 0 aliphatic rings. The van der Waals surface area contributed by atoms with Gasteiger partial charge in [0.15, 0.2) is 5.76 Å². The Bertz CT molecular complexity index is 1260. The first kappa shape index (κ1) is 22.6. The van der Waals surface area contributed by atoms with Crippen LogP contribution in [0.15, 0.2) is 77.3 Å². The third-order valence-electron chi connectivity index (χ3n) is 4.71. The molecule has 0 atom stereocenters. The van der Waals surface area contributed by atoms with Crippen molar-refractivity contribution >= 4 is 45.8 Å². The summed E-state index contributed by atoms with van der Waals surface area (Å²) < 4.78 is 14.0. The van der Waals surface area contributed by atoms with Gasteiger partial charge in [-0.1, -0.05) is 6.07 Å². The fourth-order valence-corrected chi connectivity index (χ4v) is 3.46. The third-order valence-corrected chi connectivity index (χ3v) is 5.43. The molecule has 0 bridgehead atoms. The van der Waals surface area contributed by atoms with Crippen LogP contribution in [0.2, 0.25) is 0 Å². The van der Waals surface area contributed by atoms with Gasteiger partial charge in [-0.2, -0.15) is 5.10 Å². The lowest BCUT2D eigenvalue weighted by atomic mass is 10.2. The van der Waals surface area contributed by atoms with Gasteiger partial charge in [-0.3, -0.25) is 14.3 Å². The van der Waals surface area contributed by atoms with Crippen molar-refractivity contribution in [1.29, 1.82) is 0 Å². The van der Waals surface area contributed by atoms with Crippen LogP contribution < -0.4 is 15.4 Å². The van der Waals surface area contributed by atoms with E-state index in [1.165, 1.54) is 0 Å². The molecule has 0 spiro atoms. The minimum absolute atomic E-state index is 0.164. The molecule has 2 aromatic carbocycles. The van der Waals surface area contributed by atoms with E-state index in [4.69, 9.17) is 9.15 Å². The maximum Gasteiger partial charge on any atom is 0.291 e. The Balaban J connectivity index is 1.36. The molecule has 4 aromatic rings. The molecule has 0 saturated carbocycles. The van der Waals surface area contributed by atoms with Crippen molar-refractivity contribution in [3.05, 3.63) is 93.7 Å². The topological polar surface area (TPSA) is 98.4 Å². The average molecular weight is 556 g/mol. The molecule has 168 valence electrons. The van der Waals surface area contributed by atoms with E-state index in [1.807, 2.05) is 31.2 Å². The second kappa shape index (κ2) is 10.3. The van der Waals surface area contributed by atoms with Crippen LogP contribution in [0, 0.1) is 3.57 Å². The number of furan rings is 1. The molecule has 0 saturated heterocycles. The smallest absolute Gasteiger partial charge is 0.291 e. The van der Waals surface area contributed by atoms with Crippen molar-refractivity contribution in [3.8, 4) is 5.75 Å². The summed E-state index contributed by atoms with van der Waals surface area (Å²) in [7, 11) is 0. The predicted octanol–water partition coefficient (Wildman–Crippen LogP) is 5.18. The number of aromatic nitrogens is 2. The fraction of sp³-hybridized carbons (Fsp3) is 0.125. The molecule has 0 aliphatic carbocycles. The lowest BCUT2D eigenvalue weighted by Gasteiger charge is -2.09. The molecule has 0 unspecified atom stereocenters. The lowest BCUT2D eigenvalue weighted by Crippen LogP contribution is -2.17. The highest BCUT2D eigenvalue weighted by Gasteiger charge is 2.14. The molecular formula is C24H21IN4O4. The number of nitrogens with zero attached hydrogens (tertiary/aromatic N) is 2. The second-order valence-electron chi connectivity index (χ2n) is 7.03. The SMILES string of the molecule is CCn1nccc1C(=O)Nc1cccc(NC(=O)c2ccc(COc3ccc(I)cc3)o2)c1. The molecule has 2 heterocycles. The molecule has 0 radical (unpaired) electrons. The van der Waals surface area contributed by atoms with E-state index >= 15 is 0 Å². The maximum atomic E-state index is 12.6. The van der Waals surface area contributed by atoms with Crippen LogP contribution in [0.4, 0.5) is 11.4 Å². The predicted molar refractivity (Wildman–Crippen MR) is 132 cm³/mol. The summed E-state index contributed by atoms with van der Waals surface area (Å²) in [5, 5.41) is 9.70. The van der Waals surface area contributed by atoms with Crippen LogP contribution in [0.25, 0.3) is 0 Å². The molecule has 2 amide bonds. The molecule has 33 heavy (non-hydrogen) atoms. The van der Waals surface area contributed by atoms with Gasteiger partial charge in [0.1, 0.15) is 23.8 Å². The van der Waals surface area contributed by atoms with Crippen LogP contribution in [-0.2, 0) is 13.2 Å². The van der Waals surface area contributed by atoms with Crippen molar-refractivity contribution in [2.24, 2.45) is 0 Å². The second-order valence-corrected chi connectivity index (χ2v) is 8.28. The number of ether oxygens (including phenoxy) is 1. The summed E-state index contributed by atoms with van der Waals surface area (Å²) in [6, 6.07) is 19.5. The largest absolute Gasteiger partial charge is 0.486 e. The van der Waals surface area contributed by atoms with Crippen LogP contribution in [0.1, 0.15) is 33.7 Å². The number of rotatable bonds is 8. The van der Waals surface area contributed by atoms with E-state index < -0.39 is 5.91 Å². The van der Waals surface area contributed by atoms with Crippen molar-refractivity contribution in [3.63, 3.8) is 0 Å². The highest BCUT2D eigenvalue weighted by atomic mass is 127. The Hall–Kier alpha value is -3.60. The van der Waals surface area contributed by atoms with Gasteiger partial charge in [-0.25, -0.2) is 0 Å². The zero-order chi connectivity index (χ0) is 23.2. The minimum Gasteiger partial charge on any atom is -0.486 e. The molecule has 2 aromatic heterocycles. The Labute approximate surface area is 204 Å². The zero-order valence-corrected chi connectivity index (χ0v) is 19.9. The fourth-order valence-electron chi connectivity index (χ4n) is 3.10. The molecule has 4 rings (SSSR count). The number of nitrogens with one attached hydrogen (secondary N) is 2. The van der Waals surface area contributed by atoms with Gasteiger partial charge in [0.25, 0.3) is 11.8 Å². The standard InChI is InChI=1S/C24H21IN4O4/c1-2-29-21(12-13-26-29)23(30)27-17-4-3-5-18(14-17)28-24(31)22-11-10-20(33-22)15-32-19-8-6-16(25)7-9-19/h3-14H,2,15H2,1H3,(H,27,30)(H,28,31). The Morgan fingerprint density at radius 3 is 2.45 bits per heavy atom. The van der Waals surface area contributed by atoms with E-state index in [2.05, 4.69) is 38.3 Å². The summed E-state index contributed by atoms with van der Waals surface area (Å²) in [6.07, 6.45) is 1.58. The number of carbonyl (C=O) groups is 2. The van der Waals surface area contributed by atoms with E-state index in [9.17, 15) is 9.59 Å². The van der Waals surface area contributed by atoms with Crippen LogP contribution >= 0.6 is 22.6 Å². The van der Waals surface area contributed by atoms with Crippen molar-refractivity contribution in [2.75, 3.05) is 10.6 Å². The number of anilines is 2. The maximum absolute atomic E-state index is 12.6. The highest BCUT2D eigenvalue weighted by Crippen LogP contribution is 2.19. The quantitative estimate of drug-likeness (QED) is 0.292. The summed E-state index contributed by atoms with van der Waals surface area (Å²) in [6.45, 7) is 2.71. The van der Waals surface area contributed by atoms with E-state index in [0.29, 0.717) is 29.4 Å². The molecule has 8 nitrogen and oxygen atoms in total. The van der Waals surface area contributed by atoms with Gasteiger partial charge < -0.3 is 19.8 Å². The summed E-state index contributed by atoms with van der Waals surface area (Å²) >= 11 is 2.23. The number of carbonyl (C=O) groups excluding carboxylic acids is 2. The Kier molecular flexibility index (Phi) is 7.08. The average Bonchev–Trinajstić information content (AvgIpc) is 3.49. The molecule has 0 fully saturated rings. The van der Waals surface area contributed by atoms with Gasteiger partial charge in [-0.05, 0) is 90.2 Å². The first-order valence-electron chi connectivity index (χ1n) is 10.2. The lowest BCUT2D eigenvalue weighted by molar-refractivity contribution is 0.0990. The number of amides is 2. The van der Waals surface area contributed by atoms with Gasteiger partial charge >= 0.3 is 0 Å². The number of aryl methyl sites for hydroxylation is 1. The van der Waals surface area contributed by atoms with Crippen LogP contribution in [0.5, 0.6) is 5.75 Å². The van der Waals surface area contributed by atoms with Gasteiger partial charge in [-0.15, -0.1) is 0 Å². The number of halogens is 1. The number of hydrogen-bond acceptors (Lipinski definition) is 5. The molecule has 9 heteroatoms. The van der Waals surface area contributed by atoms with E-state index in [0.717, 1.165) is 9.32 Å². The van der Waals surface area contributed by atoms with Crippen molar-refractivity contribution < 1.29 is 18.7 Å². The zero-order valence-electron chi connectivity index (χ0n) is 17.7. The Morgan fingerprint density at radius 1 is 1.00 bits per heavy atom. The van der Waals surface area contributed by atoms with Gasteiger partial charge in [0.2, 0.25) is 0 Å². The number of benzene rings is 2. The first-order valence-corrected chi connectivity index (χ1v) is 11.3. The monoisotopic (exact) mass is 556 g/mol. The van der Waals surface area contributed by atoms with Crippen molar-refractivity contribution in [2.45, 2.75) is 20.1 Å². The first-order chi connectivity index (χ1) is 16.0. The summed E-state index contributed by atoms with van der Waals surface area (Å²) in [4.78, 5) is 25.1. The van der Waals surface area contributed by atoms with Gasteiger partial charge in [0, 0.05) is 27.7 Å². The van der Waals surface area contributed by atoms with Gasteiger partial charge in [0.05, 0.1) is 0 Å². The van der Waals surface area contributed by atoms with Crippen molar-refractivity contribution in [1.82, 2.24) is 9.78 Å². The summed E-state index contributed by atoms with van der Waals surface area (Å²) in [5.74, 6) is 0.744.